The Morgan fingerprint density at radius 2 is 1.10 bits per heavy atom. The van der Waals surface area contributed by atoms with E-state index in [0.29, 0.717) is 36.9 Å². The van der Waals surface area contributed by atoms with Crippen molar-refractivity contribution in [1.82, 2.24) is 9.80 Å². The maximum atomic E-state index is 12.1. The van der Waals surface area contributed by atoms with Crippen molar-refractivity contribution in [2.75, 3.05) is 52.5 Å². The normalized spacial score (nSPS) is 18.6. The fourth-order valence-electron chi connectivity index (χ4n) is 6.04. The minimum absolute atomic E-state index is 0.0333. The Hall–Kier alpha value is -1.14. The highest BCUT2D eigenvalue weighted by atomic mass is 16.5. The van der Waals surface area contributed by atoms with Gasteiger partial charge in [0.1, 0.15) is 0 Å². The van der Waals surface area contributed by atoms with Crippen molar-refractivity contribution < 1.29 is 19.1 Å². The van der Waals surface area contributed by atoms with Crippen molar-refractivity contribution in [3.63, 3.8) is 0 Å². The van der Waals surface area contributed by atoms with Gasteiger partial charge in [0.25, 0.3) is 0 Å². The van der Waals surface area contributed by atoms with Gasteiger partial charge in [-0.15, -0.1) is 0 Å². The summed E-state index contributed by atoms with van der Waals surface area (Å²) in [5, 5.41) is 0. The van der Waals surface area contributed by atoms with Crippen LogP contribution in [0.3, 0.4) is 0 Å². The lowest BCUT2D eigenvalue weighted by Gasteiger charge is -2.33. The molecule has 2 aliphatic rings. The van der Waals surface area contributed by atoms with Gasteiger partial charge in [-0.3, -0.25) is 9.59 Å². The molecule has 234 valence electrons. The third-order valence-electron chi connectivity index (χ3n) is 9.46. The Kier molecular flexibility index (Phi) is 16.1. The summed E-state index contributed by atoms with van der Waals surface area (Å²) in [4.78, 5) is 29.1. The summed E-state index contributed by atoms with van der Waals surface area (Å²) in [6.07, 6.45) is 15.5. The second kappa shape index (κ2) is 18.4. The number of carbonyl (C=O) groups excluding carboxylic acids is 2. The molecular weight excluding hydrogens is 500 g/mol. The van der Waals surface area contributed by atoms with Crippen molar-refractivity contribution in [2.45, 2.75) is 131 Å². The lowest BCUT2D eigenvalue weighted by atomic mass is 9.85. The molecule has 0 aromatic carbocycles. The Labute approximate surface area is 247 Å². The number of carbonyl (C=O) groups is 2. The minimum atomic E-state index is -0.0379. The summed E-state index contributed by atoms with van der Waals surface area (Å²) in [7, 11) is 0. The van der Waals surface area contributed by atoms with E-state index in [0.717, 1.165) is 83.2 Å². The van der Waals surface area contributed by atoms with Crippen LogP contribution >= 0.6 is 0 Å². The molecule has 6 nitrogen and oxygen atoms in total. The summed E-state index contributed by atoms with van der Waals surface area (Å²) >= 11 is 0. The highest BCUT2D eigenvalue weighted by Crippen LogP contribution is 2.28. The lowest BCUT2D eigenvalue weighted by molar-refractivity contribution is -0.145. The molecular formula is C34H64N2O4. The zero-order chi connectivity index (χ0) is 29.4. The van der Waals surface area contributed by atoms with E-state index in [1.165, 1.54) is 44.9 Å². The van der Waals surface area contributed by atoms with Crippen molar-refractivity contribution in [2.24, 2.45) is 22.7 Å². The van der Waals surface area contributed by atoms with E-state index in [9.17, 15) is 9.59 Å². The fraction of sp³-hybridized carbons (Fsp3) is 0.941. The molecule has 0 bridgehead atoms. The topological polar surface area (TPSA) is 59.1 Å². The van der Waals surface area contributed by atoms with Crippen LogP contribution in [-0.2, 0) is 19.1 Å². The van der Waals surface area contributed by atoms with Crippen LogP contribution < -0.4 is 0 Å². The van der Waals surface area contributed by atoms with Crippen molar-refractivity contribution in [3.05, 3.63) is 0 Å². The predicted molar refractivity (Wildman–Crippen MR) is 165 cm³/mol. The Balaban J connectivity index is 1.44. The summed E-state index contributed by atoms with van der Waals surface area (Å²) in [5.74, 6) is 1.62. The van der Waals surface area contributed by atoms with Gasteiger partial charge in [0.15, 0.2) is 0 Å². The molecule has 0 spiro atoms. The van der Waals surface area contributed by atoms with Crippen molar-refractivity contribution in [3.8, 4) is 0 Å². The quantitative estimate of drug-likeness (QED) is 0.127. The molecule has 0 unspecified atom stereocenters. The van der Waals surface area contributed by atoms with Crippen LogP contribution in [0.1, 0.15) is 131 Å². The van der Waals surface area contributed by atoms with E-state index in [4.69, 9.17) is 9.47 Å². The van der Waals surface area contributed by atoms with Gasteiger partial charge in [0.2, 0.25) is 0 Å². The number of hydrogen-bond acceptors (Lipinski definition) is 6. The van der Waals surface area contributed by atoms with Gasteiger partial charge in [0.05, 0.1) is 26.1 Å². The van der Waals surface area contributed by atoms with Crippen LogP contribution in [0.4, 0.5) is 0 Å². The van der Waals surface area contributed by atoms with E-state index in [1.54, 1.807) is 0 Å². The fourth-order valence-corrected chi connectivity index (χ4v) is 6.04. The lowest BCUT2D eigenvalue weighted by Crippen LogP contribution is -2.36. The number of ether oxygens (including phenoxy) is 2. The molecule has 0 N–H and O–H groups in total. The molecule has 0 aliphatic carbocycles. The van der Waals surface area contributed by atoms with E-state index >= 15 is 0 Å². The SMILES string of the molecule is CCC(C)(C)CCCOC(=O)CCN1CCC(CCCC2CCN(CCC(=O)OCCCC(C)(C)C)CC2)CC1. The number of piperidine rings is 2. The van der Waals surface area contributed by atoms with Crippen LogP contribution in [0.2, 0.25) is 0 Å². The average Bonchev–Trinajstić information content (AvgIpc) is 2.92. The third-order valence-corrected chi connectivity index (χ3v) is 9.46. The van der Waals surface area contributed by atoms with Crippen LogP contribution in [0.25, 0.3) is 0 Å². The minimum Gasteiger partial charge on any atom is -0.466 e. The highest BCUT2D eigenvalue weighted by Gasteiger charge is 2.23. The van der Waals surface area contributed by atoms with Gasteiger partial charge in [-0.2, -0.15) is 0 Å². The van der Waals surface area contributed by atoms with Crippen LogP contribution in [0, 0.1) is 22.7 Å². The van der Waals surface area contributed by atoms with Gasteiger partial charge in [-0.1, -0.05) is 67.2 Å². The molecule has 2 fully saturated rings. The summed E-state index contributed by atoms with van der Waals surface area (Å²) < 4.78 is 10.9. The molecule has 2 aliphatic heterocycles. The second-order valence-electron chi connectivity index (χ2n) is 14.7. The third kappa shape index (κ3) is 16.3. The van der Waals surface area contributed by atoms with Gasteiger partial charge < -0.3 is 19.3 Å². The summed E-state index contributed by atoms with van der Waals surface area (Å²) in [5.41, 5.74) is 0.649. The molecule has 0 amide bonds. The average molecular weight is 565 g/mol. The molecule has 2 rings (SSSR count). The maximum Gasteiger partial charge on any atom is 0.307 e. The smallest absolute Gasteiger partial charge is 0.307 e. The van der Waals surface area contributed by atoms with E-state index in [2.05, 4.69) is 51.3 Å². The van der Waals surface area contributed by atoms with Gasteiger partial charge in [-0.25, -0.2) is 0 Å². The van der Waals surface area contributed by atoms with Gasteiger partial charge in [-0.05, 0) is 100 Å². The van der Waals surface area contributed by atoms with Gasteiger partial charge >= 0.3 is 11.9 Å². The summed E-state index contributed by atoms with van der Waals surface area (Å²) in [6.45, 7) is 20.8. The number of nitrogens with zero attached hydrogens (tertiary/aromatic N) is 2. The number of hydrogen-bond donors (Lipinski definition) is 0. The largest absolute Gasteiger partial charge is 0.466 e. The van der Waals surface area contributed by atoms with Crippen molar-refractivity contribution >= 4 is 11.9 Å². The zero-order valence-electron chi connectivity index (χ0n) is 27.2. The van der Waals surface area contributed by atoms with E-state index in [-0.39, 0.29) is 11.9 Å². The first-order valence-corrected chi connectivity index (χ1v) is 16.7. The number of rotatable bonds is 18. The van der Waals surface area contributed by atoms with E-state index < -0.39 is 0 Å². The first-order chi connectivity index (χ1) is 19.0. The van der Waals surface area contributed by atoms with Crippen molar-refractivity contribution in [1.29, 1.82) is 0 Å². The number of likely N-dealkylation sites (tertiary alicyclic amines) is 2. The van der Waals surface area contributed by atoms with E-state index in [1.807, 2.05) is 0 Å². The first kappa shape index (κ1) is 35.1. The summed E-state index contributed by atoms with van der Waals surface area (Å²) in [6, 6.07) is 0. The standard InChI is InChI=1S/C34H64N2O4/c1-7-34(5,6)20-10-28-40-32(38)18-26-36-23-15-30(16-24-36)12-8-11-29-13-21-35(22-14-29)25-17-31(37)39-27-9-19-33(2,3)4/h29-30H,7-28H2,1-6H3. The predicted octanol–water partition coefficient (Wildman–Crippen LogP) is 7.49. The molecule has 0 radical (unpaired) electrons. The first-order valence-electron chi connectivity index (χ1n) is 16.7. The molecule has 0 aromatic rings. The van der Waals surface area contributed by atoms with Gasteiger partial charge in [0, 0.05) is 13.1 Å². The molecule has 2 heterocycles. The maximum absolute atomic E-state index is 12.1. The van der Waals surface area contributed by atoms with Crippen LogP contribution in [0.5, 0.6) is 0 Å². The molecule has 0 aromatic heterocycles. The molecule has 40 heavy (non-hydrogen) atoms. The molecule has 0 atom stereocenters. The second-order valence-corrected chi connectivity index (χ2v) is 14.7. The Bertz CT molecular complexity index is 701. The van der Waals surface area contributed by atoms with Crippen LogP contribution in [0.15, 0.2) is 0 Å². The molecule has 6 heteroatoms. The monoisotopic (exact) mass is 564 g/mol. The molecule has 0 saturated carbocycles. The zero-order valence-corrected chi connectivity index (χ0v) is 27.2. The highest BCUT2D eigenvalue weighted by molar-refractivity contribution is 5.69. The van der Waals surface area contributed by atoms with Crippen LogP contribution in [-0.4, -0.2) is 74.2 Å². The number of esters is 2. The molecule has 2 saturated heterocycles. The Morgan fingerprint density at radius 3 is 1.50 bits per heavy atom. The Morgan fingerprint density at radius 1 is 0.675 bits per heavy atom.